The largest absolute Gasteiger partial charge is 0.303 e. The first kappa shape index (κ1) is 15.7. The average molecular weight is 351 g/mol. The summed E-state index contributed by atoms with van der Waals surface area (Å²) < 4.78 is 24.3. The molecule has 0 fully saturated rings. The molecule has 3 nitrogen and oxygen atoms in total. The van der Waals surface area contributed by atoms with E-state index in [0.29, 0.717) is 16.2 Å². The molecule has 0 aromatic heterocycles. The Bertz CT molecular complexity index is 553. The lowest BCUT2D eigenvalue weighted by Crippen LogP contribution is -2.03. The minimum atomic E-state index is -3.28. The second-order valence-corrected chi connectivity index (χ2v) is 7.76. The second kappa shape index (κ2) is 6.21. The quantitative estimate of drug-likeness (QED) is 0.604. The predicted molar refractivity (Wildman–Crippen MR) is 78.1 cm³/mol. The molecule has 0 N–H and O–H groups in total. The zero-order chi connectivity index (χ0) is 13.9. The van der Waals surface area contributed by atoms with Gasteiger partial charge in [-0.05, 0) is 45.8 Å². The third-order valence-corrected chi connectivity index (χ3v) is 5.64. The summed E-state index contributed by atoms with van der Waals surface area (Å²) in [4.78, 5) is 11.6. The van der Waals surface area contributed by atoms with Crippen LogP contribution < -0.4 is 0 Å². The molecule has 0 heterocycles. The Balaban J connectivity index is 3.44. The number of benzene rings is 1. The third kappa shape index (κ3) is 3.59. The number of carbonyl (C=O) groups is 1. The van der Waals surface area contributed by atoms with E-state index >= 15 is 0 Å². The molecule has 6 heteroatoms. The van der Waals surface area contributed by atoms with Crippen molar-refractivity contribution >= 4 is 43.8 Å². The molecule has 0 spiro atoms. The van der Waals surface area contributed by atoms with Crippen LogP contribution in [0.5, 0.6) is 0 Å². The van der Waals surface area contributed by atoms with Crippen molar-refractivity contribution in [2.75, 3.05) is 12.5 Å². The van der Waals surface area contributed by atoms with E-state index < -0.39 is 9.84 Å². The summed E-state index contributed by atoms with van der Waals surface area (Å²) in [5, 5.41) is 0. The summed E-state index contributed by atoms with van der Waals surface area (Å²) in [6.07, 6.45) is 4.27. The topological polar surface area (TPSA) is 51.2 Å². The van der Waals surface area contributed by atoms with Crippen molar-refractivity contribution < 1.29 is 13.2 Å². The number of hydrogen-bond acceptors (Lipinski definition) is 4. The molecule has 0 saturated carbocycles. The van der Waals surface area contributed by atoms with Crippen molar-refractivity contribution in [3.05, 3.63) is 22.2 Å². The van der Waals surface area contributed by atoms with Crippen molar-refractivity contribution in [2.45, 2.75) is 29.1 Å². The maximum absolute atomic E-state index is 11.8. The van der Waals surface area contributed by atoms with Gasteiger partial charge in [-0.1, -0.05) is 6.92 Å². The molecular formula is C12H15BrO3S2. The van der Waals surface area contributed by atoms with Crippen LogP contribution >= 0.6 is 27.7 Å². The summed E-state index contributed by atoms with van der Waals surface area (Å²) >= 11 is 4.78. The maximum atomic E-state index is 11.8. The number of rotatable bonds is 5. The lowest BCUT2D eigenvalue weighted by molar-refractivity contribution is -0.108. The number of sulfone groups is 1. The molecule has 1 aromatic carbocycles. The van der Waals surface area contributed by atoms with E-state index in [1.807, 2.05) is 19.2 Å². The zero-order valence-corrected chi connectivity index (χ0v) is 13.7. The highest BCUT2D eigenvalue weighted by atomic mass is 79.9. The van der Waals surface area contributed by atoms with Crippen molar-refractivity contribution in [3.63, 3.8) is 0 Å². The Labute approximate surface area is 120 Å². The van der Waals surface area contributed by atoms with Crippen LogP contribution in [0.1, 0.15) is 24.8 Å². The average Bonchev–Trinajstić information content (AvgIpc) is 2.27. The van der Waals surface area contributed by atoms with Gasteiger partial charge in [0.2, 0.25) is 0 Å². The SMILES string of the molecule is CSc1c(Br)cc(C(C)CC=O)cc1S(C)(=O)=O. The Hall–Kier alpha value is -0.330. The van der Waals surface area contributed by atoms with E-state index in [9.17, 15) is 13.2 Å². The molecule has 0 aliphatic heterocycles. The van der Waals surface area contributed by atoms with Crippen LogP contribution in [0.4, 0.5) is 0 Å². The predicted octanol–water partition coefficient (Wildman–Crippen LogP) is 3.27. The molecule has 1 rings (SSSR count). The van der Waals surface area contributed by atoms with Gasteiger partial charge in [0.05, 0.1) is 4.90 Å². The molecule has 0 aliphatic carbocycles. The number of carbonyl (C=O) groups excluding carboxylic acids is 1. The fourth-order valence-corrected chi connectivity index (χ4v) is 4.74. The lowest BCUT2D eigenvalue weighted by atomic mass is 9.99. The van der Waals surface area contributed by atoms with E-state index in [1.54, 1.807) is 6.07 Å². The highest BCUT2D eigenvalue weighted by Gasteiger charge is 2.18. The monoisotopic (exact) mass is 350 g/mol. The molecule has 1 atom stereocenters. The molecule has 0 radical (unpaired) electrons. The molecule has 0 saturated heterocycles. The van der Waals surface area contributed by atoms with Crippen LogP contribution in [0.3, 0.4) is 0 Å². The highest BCUT2D eigenvalue weighted by Crippen LogP contribution is 2.36. The summed E-state index contributed by atoms with van der Waals surface area (Å²) in [7, 11) is -3.28. The van der Waals surface area contributed by atoms with E-state index in [1.165, 1.54) is 18.0 Å². The van der Waals surface area contributed by atoms with Gasteiger partial charge in [-0.15, -0.1) is 11.8 Å². The van der Waals surface area contributed by atoms with Crippen LogP contribution in [-0.4, -0.2) is 27.2 Å². The maximum Gasteiger partial charge on any atom is 0.176 e. The molecule has 0 amide bonds. The van der Waals surface area contributed by atoms with Gasteiger partial charge in [0, 0.05) is 22.0 Å². The highest BCUT2D eigenvalue weighted by molar-refractivity contribution is 9.10. The number of hydrogen-bond donors (Lipinski definition) is 0. The fourth-order valence-electron chi connectivity index (χ4n) is 1.63. The first-order valence-electron chi connectivity index (χ1n) is 5.32. The second-order valence-electron chi connectivity index (χ2n) is 4.11. The molecular weight excluding hydrogens is 336 g/mol. The number of halogens is 1. The third-order valence-electron chi connectivity index (χ3n) is 2.65. The molecule has 100 valence electrons. The molecule has 0 bridgehead atoms. The summed E-state index contributed by atoms with van der Waals surface area (Å²) in [5.74, 6) is 0.00945. The van der Waals surface area contributed by atoms with Crippen LogP contribution in [0, 0.1) is 0 Å². The summed E-state index contributed by atoms with van der Waals surface area (Å²) in [6, 6.07) is 3.55. The van der Waals surface area contributed by atoms with Crippen molar-refractivity contribution in [2.24, 2.45) is 0 Å². The molecule has 18 heavy (non-hydrogen) atoms. The van der Waals surface area contributed by atoms with E-state index in [4.69, 9.17) is 0 Å². The minimum absolute atomic E-state index is 0.00945. The van der Waals surface area contributed by atoms with Crippen molar-refractivity contribution in [1.82, 2.24) is 0 Å². The van der Waals surface area contributed by atoms with E-state index in [0.717, 1.165) is 16.3 Å². The first-order chi connectivity index (χ1) is 8.31. The van der Waals surface area contributed by atoms with Crippen molar-refractivity contribution in [3.8, 4) is 0 Å². The Morgan fingerprint density at radius 1 is 1.44 bits per heavy atom. The zero-order valence-electron chi connectivity index (χ0n) is 10.4. The van der Waals surface area contributed by atoms with Gasteiger partial charge in [0.1, 0.15) is 6.29 Å². The van der Waals surface area contributed by atoms with Gasteiger partial charge in [-0.25, -0.2) is 8.42 Å². The van der Waals surface area contributed by atoms with Gasteiger partial charge in [0.15, 0.2) is 9.84 Å². The van der Waals surface area contributed by atoms with Crippen molar-refractivity contribution in [1.29, 1.82) is 0 Å². The summed E-state index contributed by atoms with van der Waals surface area (Å²) in [6.45, 7) is 1.90. The lowest BCUT2D eigenvalue weighted by Gasteiger charge is -2.14. The van der Waals surface area contributed by atoms with E-state index in [-0.39, 0.29) is 5.92 Å². The fraction of sp³-hybridized carbons (Fsp3) is 0.417. The Kier molecular flexibility index (Phi) is 5.43. The van der Waals surface area contributed by atoms with Gasteiger partial charge in [-0.3, -0.25) is 0 Å². The summed E-state index contributed by atoms with van der Waals surface area (Å²) in [5.41, 5.74) is 0.854. The van der Waals surface area contributed by atoms with Gasteiger partial charge in [0.25, 0.3) is 0 Å². The van der Waals surface area contributed by atoms with Gasteiger partial charge < -0.3 is 4.79 Å². The van der Waals surface area contributed by atoms with Crippen LogP contribution in [0.15, 0.2) is 26.4 Å². The number of thioether (sulfide) groups is 1. The Morgan fingerprint density at radius 2 is 2.06 bits per heavy atom. The minimum Gasteiger partial charge on any atom is -0.303 e. The van der Waals surface area contributed by atoms with E-state index in [2.05, 4.69) is 15.9 Å². The van der Waals surface area contributed by atoms with Gasteiger partial charge in [-0.2, -0.15) is 0 Å². The molecule has 1 unspecified atom stereocenters. The smallest absolute Gasteiger partial charge is 0.176 e. The van der Waals surface area contributed by atoms with Crippen LogP contribution in [0.25, 0.3) is 0 Å². The normalized spacial score (nSPS) is 13.3. The van der Waals surface area contributed by atoms with Gasteiger partial charge >= 0.3 is 0 Å². The molecule has 1 aromatic rings. The first-order valence-corrected chi connectivity index (χ1v) is 9.23. The number of aldehydes is 1. The molecule has 0 aliphatic rings. The standard InChI is InChI=1S/C12H15BrO3S2/c1-8(4-5-14)9-6-10(13)12(17-2)11(7-9)18(3,15)16/h5-8H,4H2,1-3H3. The van der Waals surface area contributed by atoms with Crippen LogP contribution in [-0.2, 0) is 14.6 Å². The van der Waals surface area contributed by atoms with Crippen LogP contribution in [0.2, 0.25) is 0 Å². The Morgan fingerprint density at radius 3 is 2.50 bits per heavy atom.